The van der Waals surface area contributed by atoms with Gasteiger partial charge in [-0.2, -0.15) is 18.3 Å². The second-order valence-corrected chi connectivity index (χ2v) is 6.92. The van der Waals surface area contributed by atoms with Gasteiger partial charge in [-0.3, -0.25) is 9.48 Å². The Bertz CT molecular complexity index is 725. The van der Waals surface area contributed by atoms with Crippen LogP contribution in [0.4, 0.5) is 18.0 Å². The quantitative estimate of drug-likeness (QED) is 0.768. The molecule has 2 heterocycles. The Balaban J connectivity index is 1.67. The van der Waals surface area contributed by atoms with E-state index < -0.39 is 23.0 Å². The first kappa shape index (κ1) is 19.8. The van der Waals surface area contributed by atoms with Crippen molar-refractivity contribution in [1.82, 2.24) is 19.6 Å². The molecule has 27 heavy (non-hydrogen) atoms. The van der Waals surface area contributed by atoms with Crippen LogP contribution in [0.5, 0.6) is 0 Å². The highest BCUT2D eigenvalue weighted by Gasteiger charge is 2.42. The molecule has 2 amide bonds. The van der Waals surface area contributed by atoms with Crippen LogP contribution in [-0.2, 0) is 22.3 Å². The molecule has 11 heteroatoms. The van der Waals surface area contributed by atoms with Gasteiger partial charge in [-0.1, -0.05) is 11.6 Å². The normalized spacial score (nSPS) is 18.0. The Kier molecular flexibility index (Phi) is 5.55. The van der Waals surface area contributed by atoms with E-state index in [4.69, 9.17) is 16.3 Å². The molecule has 0 bridgehead atoms. The summed E-state index contributed by atoms with van der Waals surface area (Å²) in [5.41, 5.74) is -0.867. The molecule has 0 spiro atoms. The van der Waals surface area contributed by atoms with Gasteiger partial charge in [0.15, 0.2) is 5.69 Å². The highest BCUT2D eigenvalue weighted by atomic mass is 35.5. The van der Waals surface area contributed by atoms with Crippen LogP contribution in [0.15, 0.2) is 0 Å². The molecular weight excluding hydrogens is 389 g/mol. The first-order valence-electron chi connectivity index (χ1n) is 8.75. The van der Waals surface area contributed by atoms with Crippen molar-refractivity contribution in [1.29, 1.82) is 0 Å². The Labute approximate surface area is 159 Å². The van der Waals surface area contributed by atoms with Gasteiger partial charge in [0, 0.05) is 32.1 Å². The largest absolute Gasteiger partial charge is 0.450 e. The van der Waals surface area contributed by atoms with Crippen molar-refractivity contribution in [2.45, 2.75) is 38.4 Å². The maximum absolute atomic E-state index is 13.1. The van der Waals surface area contributed by atoms with Crippen LogP contribution >= 0.6 is 11.6 Å². The standard InChI is InChI=1S/C16H20ClF3N4O3/c1-2-27-15(26)23-7-5-22(6-8-23)11(25)9-24-13(10-3-4-10)12(17)14(21-24)16(18,19)20/h10H,2-9H2,1H3. The number of halogens is 4. The summed E-state index contributed by atoms with van der Waals surface area (Å²) in [7, 11) is 0. The summed E-state index contributed by atoms with van der Waals surface area (Å²) in [5, 5.41) is 3.16. The number of hydrogen-bond donors (Lipinski definition) is 0. The van der Waals surface area contributed by atoms with Gasteiger partial charge in [0.1, 0.15) is 6.54 Å². The van der Waals surface area contributed by atoms with E-state index in [1.807, 2.05) is 0 Å². The first-order valence-corrected chi connectivity index (χ1v) is 9.13. The van der Waals surface area contributed by atoms with Crippen molar-refractivity contribution < 1.29 is 27.5 Å². The Morgan fingerprint density at radius 3 is 2.30 bits per heavy atom. The zero-order chi connectivity index (χ0) is 19.8. The fraction of sp³-hybridized carbons (Fsp3) is 0.688. The summed E-state index contributed by atoms with van der Waals surface area (Å²) < 4.78 is 45.3. The molecule has 1 aromatic rings. The minimum atomic E-state index is -4.67. The van der Waals surface area contributed by atoms with Gasteiger partial charge >= 0.3 is 12.3 Å². The average Bonchev–Trinajstić information content (AvgIpc) is 3.38. The summed E-state index contributed by atoms with van der Waals surface area (Å²) in [5.74, 6) is -0.442. The summed E-state index contributed by atoms with van der Waals surface area (Å²) in [4.78, 5) is 27.2. The zero-order valence-corrected chi connectivity index (χ0v) is 15.5. The van der Waals surface area contributed by atoms with Crippen molar-refractivity contribution in [3.63, 3.8) is 0 Å². The van der Waals surface area contributed by atoms with Crippen molar-refractivity contribution in [3.05, 3.63) is 16.4 Å². The predicted molar refractivity (Wildman–Crippen MR) is 89.4 cm³/mol. The molecule has 7 nitrogen and oxygen atoms in total. The van der Waals surface area contributed by atoms with E-state index >= 15 is 0 Å². The smallest absolute Gasteiger partial charge is 0.436 e. The lowest BCUT2D eigenvalue weighted by Crippen LogP contribution is -2.51. The van der Waals surface area contributed by atoms with Crippen LogP contribution in [0.3, 0.4) is 0 Å². The lowest BCUT2D eigenvalue weighted by atomic mass is 10.2. The Hall–Kier alpha value is -1.97. The lowest BCUT2D eigenvalue weighted by Gasteiger charge is -2.34. The molecule has 0 radical (unpaired) electrons. The second-order valence-electron chi connectivity index (χ2n) is 6.54. The van der Waals surface area contributed by atoms with Crippen molar-refractivity contribution >= 4 is 23.6 Å². The molecule has 1 aliphatic heterocycles. The minimum Gasteiger partial charge on any atom is -0.450 e. The van der Waals surface area contributed by atoms with Gasteiger partial charge in [-0.05, 0) is 19.8 Å². The van der Waals surface area contributed by atoms with Crippen molar-refractivity contribution in [2.75, 3.05) is 32.8 Å². The van der Waals surface area contributed by atoms with Crippen LogP contribution in [0.2, 0.25) is 5.02 Å². The number of amides is 2. The zero-order valence-electron chi connectivity index (χ0n) is 14.8. The Morgan fingerprint density at radius 2 is 1.78 bits per heavy atom. The summed E-state index contributed by atoms with van der Waals surface area (Å²) in [6.45, 7) is 2.88. The average molecular weight is 409 g/mol. The highest BCUT2D eigenvalue weighted by molar-refractivity contribution is 6.32. The van der Waals surface area contributed by atoms with Crippen LogP contribution < -0.4 is 0 Å². The number of aromatic nitrogens is 2. The number of carbonyl (C=O) groups excluding carboxylic acids is 2. The van der Waals surface area contributed by atoms with E-state index in [2.05, 4.69) is 5.10 Å². The van der Waals surface area contributed by atoms with E-state index in [1.54, 1.807) is 6.92 Å². The molecule has 150 valence electrons. The molecule has 3 rings (SSSR count). The monoisotopic (exact) mass is 408 g/mol. The van der Waals surface area contributed by atoms with Gasteiger partial charge < -0.3 is 14.5 Å². The predicted octanol–water partition coefficient (Wildman–Crippen LogP) is 2.73. The molecule has 1 saturated heterocycles. The topological polar surface area (TPSA) is 67.7 Å². The molecule has 0 unspecified atom stereocenters. The van der Waals surface area contributed by atoms with Crippen LogP contribution in [0.1, 0.15) is 37.1 Å². The van der Waals surface area contributed by atoms with E-state index in [-0.39, 0.29) is 43.8 Å². The third-order valence-electron chi connectivity index (χ3n) is 4.61. The summed E-state index contributed by atoms with van der Waals surface area (Å²) >= 11 is 5.92. The minimum absolute atomic E-state index is 0.0884. The molecule has 2 fully saturated rings. The summed E-state index contributed by atoms with van der Waals surface area (Å²) in [6.07, 6.45) is -3.64. The van der Waals surface area contributed by atoms with Crippen LogP contribution in [0.25, 0.3) is 0 Å². The van der Waals surface area contributed by atoms with Gasteiger partial charge in [0.25, 0.3) is 0 Å². The highest BCUT2D eigenvalue weighted by Crippen LogP contribution is 2.46. The SMILES string of the molecule is CCOC(=O)N1CCN(C(=O)Cn2nc(C(F)(F)F)c(Cl)c2C2CC2)CC1. The van der Waals surface area contributed by atoms with E-state index in [9.17, 15) is 22.8 Å². The molecule has 0 aromatic carbocycles. The Morgan fingerprint density at radius 1 is 1.19 bits per heavy atom. The van der Waals surface area contributed by atoms with Crippen LogP contribution in [-0.4, -0.2) is 64.4 Å². The third-order valence-corrected chi connectivity index (χ3v) is 4.98. The molecule has 1 aromatic heterocycles. The maximum atomic E-state index is 13.1. The molecule has 1 saturated carbocycles. The maximum Gasteiger partial charge on any atom is 0.436 e. The second kappa shape index (κ2) is 7.57. The van der Waals surface area contributed by atoms with E-state index in [0.29, 0.717) is 13.1 Å². The number of nitrogens with zero attached hydrogens (tertiary/aromatic N) is 4. The molecular formula is C16H20ClF3N4O3. The molecule has 0 atom stereocenters. The number of alkyl halides is 3. The van der Waals surface area contributed by atoms with E-state index in [0.717, 1.165) is 17.5 Å². The third kappa shape index (κ3) is 4.31. The number of rotatable bonds is 4. The van der Waals surface area contributed by atoms with Crippen molar-refractivity contribution in [2.24, 2.45) is 0 Å². The molecule has 0 N–H and O–H groups in total. The van der Waals surface area contributed by atoms with Gasteiger partial charge in [-0.25, -0.2) is 4.79 Å². The van der Waals surface area contributed by atoms with Crippen molar-refractivity contribution in [3.8, 4) is 0 Å². The van der Waals surface area contributed by atoms with Crippen LogP contribution in [0, 0.1) is 0 Å². The fourth-order valence-electron chi connectivity index (χ4n) is 3.08. The van der Waals surface area contributed by atoms with Gasteiger partial charge in [0.05, 0.1) is 17.3 Å². The first-order chi connectivity index (χ1) is 12.7. The van der Waals surface area contributed by atoms with Gasteiger partial charge in [-0.15, -0.1) is 0 Å². The van der Waals surface area contributed by atoms with E-state index in [1.165, 1.54) is 9.80 Å². The summed E-state index contributed by atoms with van der Waals surface area (Å²) in [6, 6.07) is 0. The number of piperazine rings is 1. The number of carbonyl (C=O) groups is 2. The lowest BCUT2D eigenvalue weighted by molar-refractivity contribution is -0.142. The molecule has 1 aliphatic carbocycles. The number of ether oxygens (including phenoxy) is 1. The fourth-order valence-corrected chi connectivity index (χ4v) is 3.48. The van der Waals surface area contributed by atoms with Gasteiger partial charge in [0.2, 0.25) is 5.91 Å². The molecule has 2 aliphatic rings. The number of hydrogen-bond acceptors (Lipinski definition) is 4.